The van der Waals surface area contributed by atoms with Gasteiger partial charge in [0.05, 0.1) is 0 Å². The fourth-order valence-corrected chi connectivity index (χ4v) is 2.53. The highest BCUT2D eigenvalue weighted by atomic mass is 16.5. The summed E-state index contributed by atoms with van der Waals surface area (Å²) >= 11 is 0. The minimum atomic E-state index is -1.06. The van der Waals surface area contributed by atoms with Crippen LogP contribution < -0.4 is 4.74 Å². The normalized spacial score (nSPS) is 13.8. The molecule has 0 fully saturated rings. The number of nitrogens with zero attached hydrogens (tertiary/aromatic N) is 2. The summed E-state index contributed by atoms with van der Waals surface area (Å²) in [6.07, 6.45) is 3.39. The Morgan fingerprint density at radius 3 is 2.35 bits per heavy atom. The quantitative estimate of drug-likeness (QED) is 0.813. The number of aliphatic hydroxyl groups is 1. The van der Waals surface area contributed by atoms with Gasteiger partial charge in [0.25, 0.3) is 0 Å². The molecule has 0 saturated heterocycles. The number of likely N-dealkylation sites (N-methyl/N-ethyl adjacent to an activating group) is 1. The van der Waals surface area contributed by atoms with Crippen LogP contribution in [0.15, 0.2) is 48.8 Å². The molecule has 2 rings (SSSR count). The summed E-state index contributed by atoms with van der Waals surface area (Å²) in [6.45, 7) is 9.74. The van der Waals surface area contributed by atoms with Gasteiger partial charge in [-0.3, -0.25) is 4.98 Å². The van der Waals surface area contributed by atoms with Crippen molar-refractivity contribution in [2.45, 2.75) is 26.4 Å². The minimum absolute atomic E-state index is 0.667. The number of ether oxygens (including phenoxy) is 1. The summed E-state index contributed by atoms with van der Waals surface area (Å²) in [5, 5.41) is 10.8. The Labute approximate surface area is 138 Å². The van der Waals surface area contributed by atoms with Crippen molar-refractivity contribution in [1.29, 1.82) is 0 Å². The second kappa shape index (κ2) is 8.09. The van der Waals surface area contributed by atoms with Crippen LogP contribution in [0.2, 0.25) is 0 Å². The molecule has 1 aromatic heterocycles. The lowest BCUT2D eigenvalue weighted by Crippen LogP contribution is -2.28. The molecular formula is C19H26N2O2. The number of aromatic nitrogens is 1. The van der Waals surface area contributed by atoms with E-state index in [2.05, 4.69) is 23.7 Å². The van der Waals surface area contributed by atoms with Gasteiger partial charge >= 0.3 is 0 Å². The second-order valence-corrected chi connectivity index (χ2v) is 5.71. The van der Waals surface area contributed by atoms with Gasteiger partial charge in [-0.15, -0.1) is 0 Å². The van der Waals surface area contributed by atoms with Crippen LogP contribution in [0.4, 0.5) is 0 Å². The number of benzene rings is 1. The first kappa shape index (κ1) is 17.4. The van der Waals surface area contributed by atoms with E-state index in [9.17, 15) is 5.11 Å². The number of rotatable bonds is 8. The average Bonchev–Trinajstić information content (AvgIpc) is 2.60. The third-order valence-electron chi connectivity index (χ3n) is 4.21. The predicted octanol–water partition coefficient (Wildman–Crippen LogP) is 3.06. The van der Waals surface area contributed by atoms with E-state index in [4.69, 9.17) is 4.74 Å². The van der Waals surface area contributed by atoms with Crippen LogP contribution in [0.1, 0.15) is 31.9 Å². The van der Waals surface area contributed by atoms with E-state index in [-0.39, 0.29) is 0 Å². The Bertz CT molecular complexity index is 578. The molecule has 0 unspecified atom stereocenters. The van der Waals surface area contributed by atoms with Crippen LogP contribution in [0, 0.1) is 0 Å². The van der Waals surface area contributed by atoms with E-state index in [1.54, 1.807) is 19.3 Å². The van der Waals surface area contributed by atoms with Crippen molar-refractivity contribution in [3.63, 3.8) is 0 Å². The average molecular weight is 314 g/mol. The first-order valence-electron chi connectivity index (χ1n) is 8.16. The molecule has 0 aliphatic heterocycles. The molecule has 1 atom stereocenters. The van der Waals surface area contributed by atoms with Crippen LogP contribution in [0.25, 0.3) is 0 Å². The molecule has 1 aromatic carbocycles. The Morgan fingerprint density at radius 2 is 1.78 bits per heavy atom. The molecule has 4 nitrogen and oxygen atoms in total. The van der Waals surface area contributed by atoms with Gasteiger partial charge in [0.2, 0.25) is 0 Å². The van der Waals surface area contributed by atoms with E-state index >= 15 is 0 Å². The Morgan fingerprint density at radius 1 is 1.09 bits per heavy atom. The summed E-state index contributed by atoms with van der Waals surface area (Å²) in [5.41, 5.74) is 0.533. The molecule has 0 aliphatic carbocycles. The standard InChI is InChI=1S/C19H26N2O2/c1-4-21(5-2)13-14-23-18-10-8-16(9-11-18)19(3,22)17-7-6-12-20-15-17/h6-12,15,22H,4-5,13-14H2,1-3H3/t19-/m1/s1. The molecule has 1 N–H and O–H groups in total. The smallest absolute Gasteiger partial charge is 0.119 e. The highest BCUT2D eigenvalue weighted by molar-refractivity contribution is 5.37. The molecule has 23 heavy (non-hydrogen) atoms. The maximum absolute atomic E-state index is 10.8. The molecule has 0 spiro atoms. The zero-order chi connectivity index (χ0) is 16.7. The van der Waals surface area contributed by atoms with E-state index in [0.717, 1.165) is 36.5 Å². The van der Waals surface area contributed by atoms with E-state index < -0.39 is 5.60 Å². The SMILES string of the molecule is CCN(CC)CCOc1ccc([C@@](C)(O)c2cccnc2)cc1. The zero-order valence-electron chi connectivity index (χ0n) is 14.2. The van der Waals surface area contributed by atoms with Crippen molar-refractivity contribution >= 4 is 0 Å². The molecule has 0 amide bonds. The van der Waals surface area contributed by atoms with Crippen molar-refractivity contribution in [3.8, 4) is 5.75 Å². The van der Waals surface area contributed by atoms with Gasteiger partial charge in [-0.1, -0.05) is 32.0 Å². The molecule has 1 heterocycles. The highest BCUT2D eigenvalue weighted by Crippen LogP contribution is 2.29. The molecule has 0 bridgehead atoms. The first-order chi connectivity index (χ1) is 11.1. The molecule has 0 aliphatic rings. The monoisotopic (exact) mass is 314 g/mol. The van der Waals surface area contributed by atoms with E-state index in [1.807, 2.05) is 36.4 Å². The van der Waals surface area contributed by atoms with Gasteiger partial charge in [-0.2, -0.15) is 0 Å². The topological polar surface area (TPSA) is 45.6 Å². The first-order valence-corrected chi connectivity index (χ1v) is 8.16. The van der Waals surface area contributed by atoms with Crippen molar-refractivity contribution in [1.82, 2.24) is 9.88 Å². The van der Waals surface area contributed by atoms with Gasteiger partial charge in [0.15, 0.2) is 0 Å². The van der Waals surface area contributed by atoms with Crippen LogP contribution in [0.5, 0.6) is 5.75 Å². The third-order valence-corrected chi connectivity index (χ3v) is 4.21. The van der Waals surface area contributed by atoms with Crippen LogP contribution >= 0.6 is 0 Å². The van der Waals surface area contributed by atoms with Gasteiger partial charge in [0.1, 0.15) is 18.0 Å². The zero-order valence-corrected chi connectivity index (χ0v) is 14.2. The number of hydrogen-bond donors (Lipinski definition) is 1. The largest absolute Gasteiger partial charge is 0.492 e. The lowest BCUT2D eigenvalue weighted by molar-refractivity contribution is 0.102. The van der Waals surface area contributed by atoms with Crippen LogP contribution in [-0.4, -0.2) is 41.2 Å². The van der Waals surface area contributed by atoms with Crippen LogP contribution in [0.3, 0.4) is 0 Å². The molecule has 2 aromatic rings. The number of pyridine rings is 1. The van der Waals surface area contributed by atoms with E-state index in [0.29, 0.717) is 6.61 Å². The molecule has 4 heteroatoms. The van der Waals surface area contributed by atoms with Crippen molar-refractivity contribution in [3.05, 3.63) is 59.9 Å². The van der Waals surface area contributed by atoms with Gasteiger partial charge in [0, 0.05) is 24.5 Å². The summed E-state index contributed by atoms with van der Waals surface area (Å²) in [5.74, 6) is 0.822. The van der Waals surface area contributed by atoms with E-state index in [1.165, 1.54) is 0 Å². The van der Waals surface area contributed by atoms with Crippen LogP contribution in [-0.2, 0) is 5.60 Å². The summed E-state index contributed by atoms with van der Waals surface area (Å²) in [4.78, 5) is 6.40. The second-order valence-electron chi connectivity index (χ2n) is 5.71. The fraction of sp³-hybridized carbons (Fsp3) is 0.421. The molecule has 124 valence electrons. The Balaban J connectivity index is 1.99. The lowest BCUT2D eigenvalue weighted by atomic mass is 9.89. The van der Waals surface area contributed by atoms with Gasteiger partial charge in [-0.25, -0.2) is 0 Å². The summed E-state index contributed by atoms with van der Waals surface area (Å²) in [6, 6.07) is 11.3. The summed E-state index contributed by atoms with van der Waals surface area (Å²) in [7, 11) is 0. The van der Waals surface area contributed by atoms with Crippen molar-refractivity contribution in [2.75, 3.05) is 26.2 Å². The maximum Gasteiger partial charge on any atom is 0.119 e. The molecular weight excluding hydrogens is 288 g/mol. The minimum Gasteiger partial charge on any atom is -0.492 e. The maximum atomic E-state index is 10.8. The van der Waals surface area contributed by atoms with Crippen molar-refractivity contribution < 1.29 is 9.84 Å². The lowest BCUT2D eigenvalue weighted by Gasteiger charge is -2.24. The summed E-state index contributed by atoms with van der Waals surface area (Å²) < 4.78 is 5.78. The fourth-order valence-electron chi connectivity index (χ4n) is 2.53. The Kier molecular flexibility index (Phi) is 6.13. The highest BCUT2D eigenvalue weighted by Gasteiger charge is 2.25. The molecule has 0 radical (unpaired) electrons. The predicted molar refractivity (Wildman–Crippen MR) is 92.6 cm³/mol. The van der Waals surface area contributed by atoms with Crippen molar-refractivity contribution in [2.24, 2.45) is 0 Å². The molecule has 0 saturated carbocycles. The number of hydrogen-bond acceptors (Lipinski definition) is 4. The van der Waals surface area contributed by atoms with Gasteiger partial charge < -0.3 is 14.7 Å². The Hall–Kier alpha value is -1.91. The third kappa shape index (κ3) is 4.53. The van der Waals surface area contributed by atoms with Gasteiger partial charge in [-0.05, 0) is 43.8 Å².